The van der Waals surface area contributed by atoms with Gasteiger partial charge >= 0.3 is 5.69 Å². The average Bonchev–Trinajstić information content (AvgIpc) is 3.34. The Kier molecular flexibility index (Phi) is 5.65. The predicted molar refractivity (Wildman–Crippen MR) is 138 cm³/mol. The summed E-state index contributed by atoms with van der Waals surface area (Å²) in [7, 11) is 1.81. The van der Waals surface area contributed by atoms with E-state index in [2.05, 4.69) is 20.3 Å². The van der Waals surface area contributed by atoms with E-state index in [9.17, 15) is 9.59 Å². The maximum Gasteiger partial charge on any atom is 0.339 e. The van der Waals surface area contributed by atoms with Gasteiger partial charge in [0, 0.05) is 23.2 Å². The molecule has 0 aliphatic rings. The number of nitrogens with one attached hydrogen (secondary N) is 1. The first-order valence-electron chi connectivity index (χ1n) is 11.0. The van der Waals surface area contributed by atoms with Crippen LogP contribution in [0.5, 0.6) is 0 Å². The number of ketones is 1. The van der Waals surface area contributed by atoms with E-state index in [1.54, 1.807) is 24.3 Å². The van der Waals surface area contributed by atoms with Crippen molar-refractivity contribution in [2.45, 2.75) is 20.3 Å². The molecule has 0 unspecified atom stereocenters. The Morgan fingerprint density at radius 1 is 1.06 bits per heavy atom. The molecule has 35 heavy (non-hydrogen) atoms. The molecule has 5 rings (SSSR count). The zero-order valence-corrected chi connectivity index (χ0v) is 20.3. The molecule has 3 heterocycles. The number of anilines is 2. The molecule has 0 atom stereocenters. The summed E-state index contributed by atoms with van der Waals surface area (Å²) in [6.45, 7) is 3.93. The van der Waals surface area contributed by atoms with Crippen molar-refractivity contribution in [3.05, 3.63) is 86.5 Å². The third kappa shape index (κ3) is 3.97. The van der Waals surface area contributed by atoms with Crippen LogP contribution in [0.3, 0.4) is 0 Å². The van der Waals surface area contributed by atoms with Crippen molar-refractivity contribution >= 4 is 39.8 Å². The van der Waals surface area contributed by atoms with Crippen molar-refractivity contribution < 1.29 is 4.79 Å². The molecule has 3 N–H and O–H groups in total. The van der Waals surface area contributed by atoms with E-state index in [1.165, 1.54) is 26.8 Å². The number of carbonyl (C=O) groups is 1. The Bertz CT molecular complexity index is 1610. The fourth-order valence-corrected chi connectivity index (χ4v) is 4.90. The number of hydrogen-bond donors (Lipinski definition) is 2. The number of rotatable bonds is 6. The third-order valence-corrected chi connectivity index (χ3v) is 6.95. The number of aryl methyl sites for hydroxylation is 2. The molecule has 2 aromatic carbocycles. The highest BCUT2D eigenvalue weighted by atomic mass is 32.1. The van der Waals surface area contributed by atoms with E-state index < -0.39 is 0 Å². The average molecular weight is 486 g/mol. The second kappa shape index (κ2) is 8.80. The number of nitrogen functional groups attached to an aromatic ring is 1. The van der Waals surface area contributed by atoms with Crippen molar-refractivity contribution in [1.29, 1.82) is 0 Å². The Hall–Kier alpha value is -4.31. The number of fused-ring (bicyclic) bond motifs is 1. The van der Waals surface area contributed by atoms with Crippen LogP contribution in [0.2, 0.25) is 0 Å². The summed E-state index contributed by atoms with van der Waals surface area (Å²) < 4.78 is 2.97. The Morgan fingerprint density at radius 3 is 2.51 bits per heavy atom. The second-order valence-electron chi connectivity index (χ2n) is 8.08. The number of hydrogen-bond acceptors (Lipinski definition) is 8. The van der Waals surface area contributed by atoms with Crippen LogP contribution in [0.4, 0.5) is 11.5 Å². The number of Topliss-reactive ketones (excluding diaryl/α,β-unsaturated/α-hetero) is 1. The van der Waals surface area contributed by atoms with Gasteiger partial charge in [0.25, 0.3) is 0 Å². The lowest BCUT2D eigenvalue weighted by Crippen LogP contribution is -2.22. The number of imidazole rings is 1. The molecule has 0 spiro atoms. The van der Waals surface area contributed by atoms with Crippen LogP contribution in [0.15, 0.2) is 59.7 Å². The molecule has 10 heteroatoms. The van der Waals surface area contributed by atoms with Gasteiger partial charge < -0.3 is 11.1 Å². The van der Waals surface area contributed by atoms with E-state index in [0.29, 0.717) is 28.1 Å². The third-order valence-electron chi connectivity index (χ3n) is 5.87. The number of benzene rings is 2. The Labute approximate surface area is 204 Å². The van der Waals surface area contributed by atoms with Crippen LogP contribution in [0.1, 0.15) is 25.9 Å². The van der Waals surface area contributed by atoms with Crippen molar-refractivity contribution in [2.75, 3.05) is 18.1 Å². The first kappa shape index (κ1) is 22.5. The standard InChI is InChI=1S/C25H23N7O2S/c1-14-15(2)35-21(30-14)12-20(33)16-7-9-18(10-8-16)31-22-23(26)28-13-29-24(22)32(25(31)34)19-6-4-5-17(11-19)27-3/h4-11,13,27H,12H2,1-3H3,(H2,26,28,29). The number of aromatic nitrogens is 5. The SMILES string of the molecule is CNc1cccc(-n2c(=O)n(-c3ccc(C(=O)Cc4nc(C)c(C)s4)cc3)c3c(N)ncnc32)c1. The fraction of sp³-hybridized carbons (Fsp3) is 0.160. The largest absolute Gasteiger partial charge is 0.388 e. The molecule has 0 amide bonds. The minimum Gasteiger partial charge on any atom is -0.388 e. The highest BCUT2D eigenvalue weighted by molar-refractivity contribution is 7.11. The van der Waals surface area contributed by atoms with Crippen LogP contribution in [-0.4, -0.2) is 36.9 Å². The molecule has 0 aliphatic heterocycles. The molecule has 0 saturated heterocycles. The van der Waals surface area contributed by atoms with Crippen molar-refractivity contribution in [2.24, 2.45) is 0 Å². The monoisotopic (exact) mass is 485 g/mol. The molecular formula is C25H23N7O2S. The van der Waals surface area contributed by atoms with E-state index in [1.807, 2.05) is 45.2 Å². The van der Waals surface area contributed by atoms with Crippen LogP contribution in [-0.2, 0) is 6.42 Å². The summed E-state index contributed by atoms with van der Waals surface area (Å²) in [5.41, 5.74) is 10.2. The van der Waals surface area contributed by atoms with E-state index in [4.69, 9.17) is 5.73 Å². The van der Waals surface area contributed by atoms with Crippen molar-refractivity contribution in [3.63, 3.8) is 0 Å². The summed E-state index contributed by atoms with van der Waals surface area (Å²) >= 11 is 1.53. The molecule has 3 aromatic heterocycles. The molecule has 176 valence electrons. The molecule has 0 radical (unpaired) electrons. The van der Waals surface area contributed by atoms with Crippen LogP contribution < -0.4 is 16.7 Å². The summed E-state index contributed by atoms with van der Waals surface area (Å²) in [6, 6.07) is 14.3. The first-order valence-corrected chi connectivity index (χ1v) is 11.8. The quantitative estimate of drug-likeness (QED) is 0.352. The van der Waals surface area contributed by atoms with Gasteiger partial charge in [0.05, 0.1) is 23.5 Å². The van der Waals surface area contributed by atoms with Crippen LogP contribution in [0, 0.1) is 13.8 Å². The van der Waals surface area contributed by atoms with Crippen LogP contribution >= 0.6 is 11.3 Å². The normalized spacial score (nSPS) is 11.2. The smallest absolute Gasteiger partial charge is 0.339 e. The van der Waals surface area contributed by atoms with Gasteiger partial charge in [-0.2, -0.15) is 0 Å². The first-order chi connectivity index (χ1) is 16.9. The topological polar surface area (TPSA) is 121 Å². The molecule has 5 aromatic rings. The summed E-state index contributed by atoms with van der Waals surface area (Å²) in [5.74, 6) is 0.150. The van der Waals surface area contributed by atoms with Gasteiger partial charge in [-0.1, -0.05) is 6.07 Å². The maximum absolute atomic E-state index is 13.6. The zero-order chi connectivity index (χ0) is 24.7. The fourth-order valence-electron chi connectivity index (χ4n) is 3.97. The maximum atomic E-state index is 13.6. The lowest BCUT2D eigenvalue weighted by Gasteiger charge is -2.06. The molecule has 0 fully saturated rings. The molecule has 9 nitrogen and oxygen atoms in total. The second-order valence-corrected chi connectivity index (χ2v) is 9.37. The molecule has 0 saturated carbocycles. The lowest BCUT2D eigenvalue weighted by atomic mass is 10.1. The number of carbonyl (C=O) groups excluding carboxylic acids is 1. The van der Waals surface area contributed by atoms with E-state index in [-0.39, 0.29) is 23.7 Å². The zero-order valence-electron chi connectivity index (χ0n) is 19.4. The number of nitrogens with two attached hydrogens (primary N) is 1. The molecular weight excluding hydrogens is 462 g/mol. The highest BCUT2D eigenvalue weighted by Gasteiger charge is 2.20. The van der Waals surface area contributed by atoms with Gasteiger partial charge in [-0.15, -0.1) is 11.3 Å². The lowest BCUT2D eigenvalue weighted by molar-refractivity contribution is 0.0993. The highest BCUT2D eigenvalue weighted by Crippen LogP contribution is 2.24. The van der Waals surface area contributed by atoms with Crippen LogP contribution in [0.25, 0.3) is 22.5 Å². The number of thiazole rings is 1. The van der Waals surface area contributed by atoms with Gasteiger partial charge in [-0.25, -0.2) is 24.3 Å². The van der Waals surface area contributed by atoms with Gasteiger partial charge in [-0.3, -0.25) is 9.36 Å². The van der Waals surface area contributed by atoms with Gasteiger partial charge in [-0.05, 0) is 56.3 Å². The van der Waals surface area contributed by atoms with Crippen molar-refractivity contribution in [3.8, 4) is 11.4 Å². The number of nitrogens with zero attached hydrogens (tertiary/aromatic N) is 5. The summed E-state index contributed by atoms with van der Waals surface area (Å²) in [5, 5.41) is 3.87. The summed E-state index contributed by atoms with van der Waals surface area (Å²) in [6.07, 6.45) is 1.57. The minimum absolute atomic E-state index is 0.0354. The van der Waals surface area contributed by atoms with Crippen molar-refractivity contribution in [1.82, 2.24) is 24.1 Å². The predicted octanol–water partition coefficient (Wildman–Crippen LogP) is 3.69. The van der Waals surface area contributed by atoms with E-state index in [0.717, 1.165) is 21.3 Å². The minimum atomic E-state index is -0.340. The molecule has 0 bridgehead atoms. The molecule has 0 aliphatic carbocycles. The van der Waals surface area contributed by atoms with Gasteiger partial charge in [0.15, 0.2) is 17.2 Å². The Balaban J connectivity index is 1.58. The Morgan fingerprint density at radius 2 is 1.83 bits per heavy atom. The van der Waals surface area contributed by atoms with E-state index >= 15 is 0 Å². The van der Waals surface area contributed by atoms with Gasteiger partial charge in [0.2, 0.25) is 0 Å². The van der Waals surface area contributed by atoms with Gasteiger partial charge in [0.1, 0.15) is 16.9 Å². The summed E-state index contributed by atoms with van der Waals surface area (Å²) in [4.78, 5) is 40.5.